The van der Waals surface area contributed by atoms with Gasteiger partial charge in [-0.1, -0.05) is 67.6 Å². The van der Waals surface area contributed by atoms with Crippen molar-refractivity contribution in [3.8, 4) is 17.0 Å². The van der Waals surface area contributed by atoms with Gasteiger partial charge in [-0.2, -0.15) is 0 Å². The number of aliphatic imine (C=N–C) groups is 1. The van der Waals surface area contributed by atoms with Crippen LogP contribution in [0.4, 0.5) is 4.39 Å². The molecule has 5 heteroatoms. The summed E-state index contributed by atoms with van der Waals surface area (Å²) < 4.78 is 20.2. The van der Waals surface area contributed by atoms with Crippen LogP contribution in [0, 0.1) is 5.82 Å². The fourth-order valence-corrected chi connectivity index (χ4v) is 4.43. The Balaban J connectivity index is 1.79. The Hall–Kier alpha value is -3.73. The highest BCUT2D eigenvalue weighted by Gasteiger charge is 2.37. The molecule has 1 aliphatic heterocycles. The van der Waals surface area contributed by atoms with Gasteiger partial charge < -0.3 is 10.1 Å². The molecule has 0 saturated carbocycles. The maximum Gasteiger partial charge on any atom is 0.156 e. The molecular formula is C27H24FN3O. The first-order valence-corrected chi connectivity index (χ1v) is 10.8. The molecule has 0 bridgehead atoms. The van der Waals surface area contributed by atoms with Crippen LogP contribution < -0.4 is 10.1 Å². The van der Waals surface area contributed by atoms with Crippen molar-refractivity contribution < 1.29 is 9.13 Å². The van der Waals surface area contributed by atoms with Gasteiger partial charge in [-0.25, -0.2) is 9.37 Å². The molecule has 2 heterocycles. The van der Waals surface area contributed by atoms with Gasteiger partial charge in [0, 0.05) is 17.5 Å². The number of nitrogens with zero attached hydrogens (tertiary/aromatic N) is 2. The number of ether oxygens (including phenoxy) is 1. The fraction of sp³-hybridized carbons (Fsp3) is 0.185. The number of hydrogen-bond acceptors (Lipinski definition) is 4. The number of hydrogen-bond donors (Lipinski definition) is 1. The molecule has 1 unspecified atom stereocenters. The number of fused-ring (bicyclic) bond motifs is 1. The number of nitrogens with one attached hydrogen (secondary N) is 1. The molecule has 1 aliphatic rings. The van der Waals surface area contributed by atoms with Crippen molar-refractivity contribution >= 4 is 16.7 Å². The van der Waals surface area contributed by atoms with Crippen molar-refractivity contribution in [2.24, 2.45) is 4.99 Å². The Morgan fingerprint density at radius 2 is 1.72 bits per heavy atom. The average molecular weight is 426 g/mol. The SMILES string of the molecule is CCC1(c2ccccc2)CNC(c2c(OC)c(-c3ccccc3)nc3ccc(F)cc23)=N1. The van der Waals surface area contributed by atoms with Crippen LogP contribution in [-0.2, 0) is 5.54 Å². The zero-order valence-electron chi connectivity index (χ0n) is 18.1. The smallest absolute Gasteiger partial charge is 0.156 e. The first-order chi connectivity index (χ1) is 15.6. The molecule has 1 atom stereocenters. The van der Waals surface area contributed by atoms with E-state index in [4.69, 9.17) is 14.7 Å². The molecule has 0 aliphatic carbocycles. The minimum absolute atomic E-state index is 0.321. The largest absolute Gasteiger partial charge is 0.494 e. The zero-order chi connectivity index (χ0) is 22.1. The summed E-state index contributed by atoms with van der Waals surface area (Å²) in [5, 5.41) is 4.17. The Bertz CT molecular complexity index is 1310. The zero-order valence-corrected chi connectivity index (χ0v) is 18.1. The van der Waals surface area contributed by atoms with Gasteiger partial charge >= 0.3 is 0 Å². The van der Waals surface area contributed by atoms with E-state index in [-0.39, 0.29) is 5.82 Å². The molecular weight excluding hydrogens is 401 g/mol. The van der Waals surface area contributed by atoms with E-state index in [0.717, 1.165) is 23.1 Å². The number of amidine groups is 1. The van der Waals surface area contributed by atoms with Crippen molar-refractivity contribution in [1.29, 1.82) is 0 Å². The molecule has 1 aromatic heterocycles. The monoisotopic (exact) mass is 425 g/mol. The lowest BCUT2D eigenvalue weighted by Gasteiger charge is -2.23. The van der Waals surface area contributed by atoms with Gasteiger partial charge in [0.1, 0.15) is 22.9 Å². The van der Waals surface area contributed by atoms with Gasteiger partial charge in [0.25, 0.3) is 0 Å². The minimum Gasteiger partial charge on any atom is -0.494 e. The summed E-state index contributed by atoms with van der Waals surface area (Å²) in [6.07, 6.45) is 0.832. The van der Waals surface area contributed by atoms with E-state index in [0.29, 0.717) is 34.7 Å². The molecule has 1 N–H and O–H groups in total. The van der Waals surface area contributed by atoms with E-state index >= 15 is 0 Å². The summed E-state index contributed by atoms with van der Waals surface area (Å²) in [5.41, 5.74) is 3.83. The van der Waals surface area contributed by atoms with E-state index in [1.54, 1.807) is 13.2 Å². The van der Waals surface area contributed by atoms with Crippen LogP contribution in [0.25, 0.3) is 22.2 Å². The van der Waals surface area contributed by atoms with Gasteiger partial charge in [-0.3, -0.25) is 4.99 Å². The lowest BCUT2D eigenvalue weighted by Crippen LogP contribution is -2.30. The fourth-order valence-electron chi connectivity index (χ4n) is 4.43. The Labute approximate surface area is 186 Å². The highest BCUT2D eigenvalue weighted by molar-refractivity contribution is 6.13. The summed E-state index contributed by atoms with van der Waals surface area (Å²) in [7, 11) is 1.62. The normalized spacial score (nSPS) is 17.8. The standard InChI is InChI=1S/C27H24FN3O/c1-3-27(19-12-8-5-9-13-19)17-29-26(31-27)23-21-16-20(28)14-15-22(21)30-24(25(23)32-2)18-10-6-4-7-11-18/h4-16H,3,17H2,1-2H3,(H,29,31). The second-order valence-electron chi connectivity index (χ2n) is 7.96. The molecule has 5 rings (SSSR count). The molecule has 160 valence electrons. The van der Waals surface area contributed by atoms with Crippen LogP contribution >= 0.6 is 0 Å². The molecule has 4 aromatic rings. The van der Waals surface area contributed by atoms with Crippen molar-refractivity contribution in [3.63, 3.8) is 0 Å². The van der Waals surface area contributed by atoms with Crippen LogP contribution in [0.1, 0.15) is 24.5 Å². The van der Waals surface area contributed by atoms with Crippen LogP contribution in [0.3, 0.4) is 0 Å². The first-order valence-electron chi connectivity index (χ1n) is 10.8. The van der Waals surface area contributed by atoms with Crippen molar-refractivity contribution in [1.82, 2.24) is 10.3 Å². The van der Waals surface area contributed by atoms with E-state index in [1.807, 2.05) is 48.5 Å². The minimum atomic E-state index is -0.391. The molecule has 3 aromatic carbocycles. The van der Waals surface area contributed by atoms with E-state index in [9.17, 15) is 4.39 Å². The number of pyridine rings is 1. The maximum atomic E-state index is 14.3. The second-order valence-corrected chi connectivity index (χ2v) is 7.96. The van der Waals surface area contributed by atoms with Gasteiger partial charge in [-0.15, -0.1) is 0 Å². The van der Waals surface area contributed by atoms with E-state index in [2.05, 4.69) is 24.4 Å². The molecule has 0 amide bonds. The topological polar surface area (TPSA) is 46.5 Å². The third-order valence-electron chi connectivity index (χ3n) is 6.16. The third kappa shape index (κ3) is 3.30. The van der Waals surface area contributed by atoms with E-state index in [1.165, 1.54) is 12.1 Å². The van der Waals surface area contributed by atoms with Crippen molar-refractivity contribution in [3.05, 3.63) is 95.8 Å². The van der Waals surface area contributed by atoms with Crippen LogP contribution in [0.5, 0.6) is 5.75 Å². The lowest BCUT2D eigenvalue weighted by atomic mass is 9.88. The number of rotatable bonds is 5. The van der Waals surface area contributed by atoms with Crippen molar-refractivity contribution in [2.45, 2.75) is 18.9 Å². The van der Waals surface area contributed by atoms with Gasteiger partial charge in [0.2, 0.25) is 0 Å². The predicted molar refractivity (Wildman–Crippen MR) is 127 cm³/mol. The molecule has 4 nitrogen and oxygen atoms in total. The Kier molecular flexibility index (Phi) is 5.10. The van der Waals surface area contributed by atoms with Gasteiger partial charge in [-0.05, 0) is 30.2 Å². The predicted octanol–water partition coefficient (Wildman–Crippen LogP) is 5.70. The van der Waals surface area contributed by atoms with Gasteiger partial charge in [0.05, 0.1) is 18.2 Å². The summed E-state index contributed by atoms with van der Waals surface area (Å²) in [4.78, 5) is 10.0. The molecule has 0 radical (unpaired) electrons. The Morgan fingerprint density at radius 1 is 1.00 bits per heavy atom. The summed E-state index contributed by atoms with van der Waals surface area (Å²) >= 11 is 0. The highest BCUT2D eigenvalue weighted by atomic mass is 19.1. The summed E-state index contributed by atoms with van der Waals surface area (Å²) in [6.45, 7) is 2.80. The van der Waals surface area contributed by atoms with Crippen LogP contribution in [0.2, 0.25) is 0 Å². The van der Waals surface area contributed by atoms with Crippen molar-refractivity contribution in [2.75, 3.05) is 13.7 Å². The molecule has 0 saturated heterocycles. The first kappa shape index (κ1) is 20.2. The summed E-state index contributed by atoms with van der Waals surface area (Å²) in [5.74, 6) is 0.960. The molecule has 0 fully saturated rings. The number of methoxy groups -OCH3 is 1. The number of aromatic nitrogens is 1. The molecule has 32 heavy (non-hydrogen) atoms. The van der Waals surface area contributed by atoms with Crippen LogP contribution in [-0.4, -0.2) is 24.5 Å². The maximum absolute atomic E-state index is 14.3. The lowest BCUT2D eigenvalue weighted by molar-refractivity contribution is 0.414. The third-order valence-corrected chi connectivity index (χ3v) is 6.16. The number of benzene rings is 3. The summed E-state index contributed by atoms with van der Waals surface area (Å²) in [6, 6.07) is 24.8. The second kappa shape index (κ2) is 8.08. The van der Waals surface area contributed by atoms with E-state index < -0.39 is 5.54 Å². The van der Waals surface area contributed by atoms with Crippen LogP contribution in [0.15, 0.2) is 83.9 Å². The highest BCUT2D eigenvalue weighted by Crippen LogP contribution is 2.40. The van der Waals surface area contributed by atoms with Gasteiger partial charge in [0.15, 0.2) is 5.75 Å². The average Bonchev–Trinajstić information content (AvgIpc) is 3.29. The Morgan fingerprint density at radius 3 is 2.41 bits per heavy atom. The number of halogens is 1. The molecule has 0 spiro atoms. The quantitative estimate of drug-likeness (QED) is 0.446.